The highest BCUT2D eigenvalue weighted by atomic mass is 14.2. The summed E-state index contributed by atoms with van der Waals surface area (Å²) in [4.78, 5) is 0. The van der Waals surface area contributed by atoms with Crippen LogP contribution in [0.3, 0.4) is 0 Å². The second kappa shape index (κ2) is 4.76. The van der Waals surface area contributed by atoms with Gasteiger partial charge < -0.3 is 0 Å². The molecule has 0 N–H and O–H groups in total. The first-order chi connectivity index (χ1) is 4.57. The van der Waals surface area contributed by atoms with E-state index in [1.807, 2.05) is 0 Å². The third-order valence-corrected chi connectivity index (χ3v) is 2.46. The monoisotopic (exact) mass is 142 g/mol. The third-order valence-electron chi connectivity index (χ3n) is 2.46. The van der Waals surface area contributed by atoms with E-state index in [0.717, 1.165) is 17.8 Å². The van der Waals surface area contributed by atoms with E-state index in [2.05, 4.69) is 34.6 Å². The Morgan fingerprint density at radius 2 is 1.40 bits per heavy atom. The molecule has 0 unspecified atom stereocenters. The first-order valence-electron chi connectivity index (χ1n) is 4.57. The summed E-state index contributed by atoms with van der Waals surface area (Å²) in [7, 11) is 0. The summed E-state index contributed by atoms with van der Waals surface area (Å²) in [6.45, 7) is 11.6. The van der Waals surface area contributed by atoms with Crippen LogP contribution in [0, 0.1) is 17.8 Å². The number of rotatable bonds is 4. The van der Waals surface area contributed by atoms with Crippen molar-refractivity contribution in [2.75, 3.05) is 0 Å². The zero-order valence-electron chi connectivity index (χ0n) is 8.15. The van der Waals surface area contributed by atoms with Gasteiger partial charge in [0.15, 0.2) is 0 Å². The Morgan fingerprint density at radius 1 is 0.900 bits per heavy atom. The molecule has 0 heteroatoms. The molecule has 10 heavy (non-hydrogen) atoms. The number of hydrogen-bond acceptors (Lipinski definition) is 0. The Balaban J connectivity index is 3.50. The molecule has 0 rings (SSSR count). The lowest BCUT2D eigenvalue weighted by Crippen LogP contribution is -2.09. The zero-order valence-corrected chi connectivity index (χ0v) is 8.15. The first-order valence-corrected chi connectivity index (χ1v) is 4.57. The molecule has 2 atom stereocenters. The minimum absolute atomic E-state index is 0.865. The highest BCUT2D eigenvalue weighted by molar-refractivity contribution is 4.61. The van der Waals surface area contributed by atoms with E-state index in [0.29, 0.717) is 0 Å². The Labute approximate surface area is 66.0 Å². The average Bonchev–Trinajstić information content (AvgIpc) is 1.85. The fourth-order valence-electron chi connectivity index (χ4n) is 1.38. The van der Waals surface area contributed by atoms with Crippen LogP contribution >= 0.6 is 0 Å². The summed E-state index contributed by atoms with van der Waals surface area (Å²) in [5.74, 6) is 2.68. The van der Waals surface area contributed by atoms with Crippen molar-refractivity contribution in [3.05, 3.63) is 0 Å². The quantitative estimate of drug-likeness (QED) is 0.561. The van der Waals surface area contributed by atoms with Crippen LogP contribution in [0.1, 0.15) is 47.5 Å². The summed E-state index contributed by atoms with van der Waals surface area (Å²) >= 11 is 0. The van der Waals surface area contributed by atoms with Crippen LogP contribution in [0.4, 0.5) is 0 Å². The molecule has 0 aliphatic carbocycles. The summed E-state index contributed by atoms with van der Waals surface area (Å²) in [6.07, 6.45) is 2.71. The van der Waals surface area contributed by atoms with E-state index in [-0.39, 0.29) is 0 Å². The van der Waals surface area contributed by atoms with Crippen molar-refractivity contribution in [2.24, 2.45) is 17.8 Å². The van der Waals surface area contributed by atoms with Gasteiger partial charge in [0, 0.05) is 0 Å². The minimum Gasteiger partial charge on any atom is -0.0651 e. The van der Waals surface area contributed by atoms with Gasteiger partial charge in [0.05, 0.1) is 0 Å². The van der Waals surface area contributed by atoms with Crippen molar-refractivity contribution in [3.8, 4) is 0 Å². The summed E-state index contributed by atoms with van der Waals surface area (Å²) in [5.41, 5.74) is 0. The lowest BCUT2D eigenvalue weighted by Gasteiger charge is -2.19. The van der Waals surface area contributed by atoms with E-state index in [1.165, 1.54) is 12.8 Å². The van der Waals surface area contributed by atoms with Gasteiger partial charge in [-0.25, -0.2) is 0 Å². The van der Waals surface area contributed by atoms with Crippen molar-refractivity contribution in [1.82, 2.24) is 0 Å². The van der Waals surface area contributed by atoms with Crippen molar-refractivity contribution in [1.29, 1.82) is 0 Å². The highest BCUT2D eigenvalue weighted by Gasteiger charge is 2.10. The summed E-state index contributed by atoms with van der Waals surface area (Å²) < 4.78 is 0. The van der Waals surface area contributed by atoms with Crippen LogP contribution in [0.2, 0.25) is 0 Å². The van der Waals surface area contributed by atoms with Gasteiger partial charge in [-0.15, -0.1) is 0 Å². The molecule has 0 saturated carbocycles. The fraction of sp³-hybridized carbons (Fsp3) is 1.00. The van der Waals surface area contributed by atoms with Gasteiger partial charge in [-0.1, -0.05) is 41.0 Å². The topological polar surface area (TPSA) is 0 Å². The van der Waals surface area contributed by atoms with Crippen molar-refractivity contribution in [2.45, 2.75) is 47.5 Å². The third kappa shape index (κ3) is 3.92. The Kier molecular flexibility index (Phi) is 4.76. The van der Waals surface area contributed by atoms with E-state index in [4.69, 9.17) is 0 Å². The van der Waals surface area contributed by atoms with Crippen molar-refractivity contribution in [3.63, 3.8) is 0 Å². The predicted octanol–water partition coefficient (Wildman–Crippen LogP) is 3.71. The Hall–Kier alpha value is 0. The molecule has 62 valence electrons. The van der Waals surface area contributed by atoms with Gasteiger partial charge in [0.25, 0.3) is 0 Å². The molecule has 0 heterocycles. The second-order valence-electron chi connectivity index (χ2n) is 3.99. The zero-order chi connectivity index (χ0) is 8.15. The van der Waals surface area contributed by atoms with Crippen LogP contribution < -0.4 is 0 Å². The molecule has 0 spiro atoms. The Bertz CT molecular complexity index is 74.1. The molecule has 0 aromatic carbocycles. The molecule has 0 aromatic rings. The first kappa shape index (κ1) is 10.0. The van der Waals surface area contributed by atoms with Gasteiger partial charge in [0.2, 0.25) is 0 Å². The highest BCUT2D eigenvalue weighted by Crippen LogP contribution is 2.21. The molecule has 0 bridgehead atoms. The molecule has 0 saturated heterocycles. The fourth-order valence-corrected chi connectivity index (χ4v) is 1.38. The van der Waals surface area contributed by atoms with Gasteiger partial charge in [-0.2, -0.15) is 0 Å². The van der Waals surface area contributed by atoms with Crippen LogP contribution in [-0.2, 0) is 0 Å². The Morgan fingerprint density at radius 3 is 1.70 bits per heavy atom. The van der Waals surface area contributed by atoms with Crippen LogP contribution in [0.15, 0.2) is 0 Å². The van der Waals surface area contributed by atoms with Gasteiger partial charge in [-0.05, 0) is 24.2 Å². The predicted molar refractivity (Wildman–Crippen MR) is 48.1 cm³/mol. The maximum atomic E-state index is 2.37. The molecule has 0 aliphatic rings. The van der Waals surface area contributed by atoms with Crippen LogP contribution in [-0.4, -0.2) is 0 Å². The van der Waals surface area contributed by atoms with Gasteiger partial charge in [-0.3, -0.25) is 0 Å². The largest absolute Gasteiger partial charge is 0.0651 e. The molecule has 0 aromatic heterocycles. The van der Waals surface area contributed by atoms with Gasteiger partial charge in [0.1, 0.15) is 0 Å². The molecule has 0 amide bonds. The van der Waals surface area contributed by atoms with Crippen molar-refractivity contribution >= 4 is 0 Å². The average molecular weight is 142 g/mol. The van der Waals surface area contributed by atoms with E-state index in [1.54, 1.807) is 0 Å². The smallest absolute Gasteiger partial charge is 0.0415 e. The van der Waals surface area contributed by atoms with E-state index in [9.17, 15) is 0 Å². The summed E-state index contributed by atoms with van der Waals surface area (Å²) in [5, 5.41) is 0. The van der Waals surface area contributed by atoms with E-state index >= 15 is 0 Å². The van der Waals surface area contributed by atoms with Crippen LogP contribution in [0.25, 0.3) is 0 Å². The normalized spacial score (nSPS) is 17.4. The van der Waals surface area contributed by atoms with Crippen molar-refractivity contribution < 1.29 is 0 Å². The maximum Gasteiger partial charge on any atom is -0.0415 e. The molecular weight excluding hydrogens is 120 g/mol. The van der Waals surface area contributed by atoms with Crippen LogP contribution in [0.5, 0.6) is 0 Å². The number of hydrogen-bond donors (Lipinski definition) is 0. The molecule has 0 radical (unpaired) electrons. The molecule has 0 fully saturated rings. The second-order valence-corrected chi connectivity index (χ2v) is 3.99. The maximum absolute atomic E-state index is 2.37. The molecule has 0 nitrogen and oxygen atoms in total. The van der Waals surface area contributed by atoms with E-state index < -0.39 is 0 Å². The lowest BCUT2D eigenvalue weighted by atomic mass is 9.87. The summed E-state index contributed by atoms with van der Waals surface area (Å²) in [6, 6.07) is 0. The minimum atomic E-state index is 0.865. The molecular formula is C10H22. The van der Waals surface area contributed by atoms with Gasteiger partial charge >= 0.3 is 0 Å². The lowest BCUT2D eigenvalue weighted by molar-refractivity contribution is 0.316. The molecule has 0 aliphatic heterocycles. The SMILES string of the molecule is CC[C@H](C)[C@H](C)CC(C)C. The standard InChI is InChI=1S/C10H22/c1-6-9(4)10(5)7-8(2)3/h8-10H,6-7H2,1-5H3/t9-,10+/m0/s1.